The molecule has 2 aromatic heterocycles. The number of amides is 2. The number of thioether (sulfide) groups is 1. The van der Waals surface area contributed by atoms with Crippen LogP contribution in [-0.4, -0.2) is 52.0 Å². The van der Waals surface area contributed by atoms with Gasteiger partial charge in [0.05, 0.1) is 5.03 Å². The molecule has 1 N–H and O–H groups in total. The maximum absolute atomic E-state index is 12.7. The molecule has 1 aliphatic rings. The lowest BCUT2D eigenvalue weighted by atomic mass is 10.2. The summed E-state index contributed by atoms with van der Waals surface area (Å²) in [5, 5.41) is 4.05. The monoisotopic (exact) mass is 419 g/mol. The molecule has 1 aliphatic heterocycles. The highest BCUT2D eigenvalue weighted by Crippen LogP contribution is 2.22. The molecular formula is C23H25N5OS. The van der Waals surface area contributed by atoms with Crippen LogP contribution in [0.15, 0.2) is 78.2 Å². The molecule has 154 valence electrons. The molecule has 0 saturated carbocycles. The molecule has 4 rings (SSSR count). The van der Waals surface area contributed by atoms with Crippen LogP contribution in [0.2, 0.25) is 0 Å². The van der Waals surface area contributed by atoms with Crippen molar-refractivity contribution < 1.29 is 4.79 Å². The van der Waals surface area contributed by atoms with E-state index in [1.165, 1.54) is 5.56 Å². The number of hydrogen-bond acceptors (Lipinski definition) is 5. The van der Waals surface area contributed by atoms with Gasteiger partial charge >= 0.3 is 6.03 Å². The van der Waals surface area contributed by atoms with Gasteiger partial charge in [0.1, 0.15) is 0 Å². The van der Waals surface area contributed by atoms with E-state index in [1.807, 2.05) is 65.8 Å². The number of anilines is 1. The first-order valence-electron chi connectivity index (χ1n) is 10.1. The summed E-state index contributed by atoms with van der Waals surface area (Å²) in [5.74, 6) is 0.814. The minimum atomic E-state index is -0.0342. The first-order valence-corrected chi connectivity index (χ1v) is 11.0. The van der Waals surface area contributed by atoms with Gasteiger partial charge in [-0.3, -0.25) is 9.88 Å². The Labute approximate surface area is 181 Å². The molecule has 2 amide bonds. The second-order valence-corrected chi connectivity index (χ2v) is 8.20. The van der Waals surface area contributed by atoms with Crippen molar-refractivity contribution in [3.8, 4) is 0 Å². The number of piperazine rings is 1. The predicted molar refractivity (Wildman–Crippen MR) is 120 cm³/mol. The Kier molecular flexibility index (Phi) is 6.95. The third kappa shape index (κ3) is 5.81. The molecule has 30 heavy (non-hydrogen) atoms. The number of hydrogen-bond donors (Lipinski definition) is 1. The Morgan fingerprint density at radius 1 is 0.933 bits per heavy atom. The number of nitrogens with one attached hydrogen (secondary N) is 1. The van der Waals surface area contributed by atoms with Gasteiger partial charge < -0.3 is 10.2 Å². The van der Waals surface area contributed by atoms with E-state index in [9.17, 15) is 4.79 Å². The standard InChI is InChI=1S/C23H25N5OS/c29-23(28-14-12-27(13-15-28)17-19-7-10-24-11-8-19)26-21-5-3-4-20(16-21)18-30-22-6-1-2-9-25-22/h1-11,16H,12-15,17-18H2,(H,26,29). The highest BCUT2D eigenvalue weighted by Gasteiger charge is 2.21. The fourth-order valence-electron chi connectivity index (χ4n) is 3.39. The molecule has 3 heterocycles. The number of rotatable bonds is 6. The average Bonchev–Trinajstić information content (AvgIpc) is 2.80. The number of urea groups is 1. The van der Waals surface area contributed by atoms with Crippen molar-refractivity contribution in [3.05, 3.63) is 84.3 Å². The summed E-state index contributed by atoms with van der Waals surface area (Å²) in [6.07, 6.45) is 5.44. The van der Waals surface area contributed by atoms with Crippen molar-refractivity contribution in [1.29, 1.82) is 0 Å². The van der Waals surface area contributed by atoms with E-state index >= 15 is 0 Å². The third-order valence-corrected chi connectivity index (χ3v) is 6.03. The number of carbonyl (C=O) groups excluding carboxylic acids is 1. The van der Waals surface area contributed by atoms with E-state index in [-0.39, 0.29) is 6.03 Å². The van der Waals surface area contributed by atoms with Gasteiger partial charge in [0.2, 0.25) is 0 Å². The molecule has 0 aliphatic carbocycles. The smallest absolute Gasteiger partial charge is 0.321 e. The zero-order valence-electron chi connectivity index (χ0n) is 16.8. The topological polar surface area (TPSA) is 61.4 Å². The van der Waals surface area contributed by atoms with Crippen molar-refractivity contribution in [2.75, 3.05) is 31.5 Å². The molecule has 0 radical (unpaired) electrons. The maximum Gasteiger partial charge on any atom is 0.321 e. The molecule has 6 nitrogen and oxygen atoms in total. The molecule has 7 heteroatoms. The summed E-state index contributed by atoms with van der Waals surface area (Å²) in [7, 11) is 0. The lowest BCUT2D eigenvalue weighted by molar-refractivity contribution is 0.143. The van der Waals surface area contributed by atoms with E-state index in [0.29, 0.717) is 0 Å². The van der Waals surface area contributed by atoms with Crippen LogP contribution in [-0.2, 0) is 12.3 Å². The molecule has 0 spiro atoms. The fraction of sp³-hybridized carbons (Fsp3) is 0.261. The van der Waals surface area contributed by atoms with Crippen LogP contribution in [0.4, 0.5) is 10.5 Å². The van der Waals surface area contributed by atoms with Gasteiger partial charge in [-0.05, 0) is 47.5 Å². The molecule has 1 fully saturated rings. The van der Waals surface area contributed by atoms with Gasteiger partial charge in [-0.1, -0.05) is 18.2 Å². The van der Waals surface area contributed by atoms with Gasteiger partial charge in [-0.2, -0.15) is 0 Å². The summed E-state index contributed by atoms with van der Waals surface area (Å²) >= 11 is 1.69. The minimum Gasteiger partial charge on any atom is -0.322 e. The summed E-state index contributed by atoms with van der Waals surface area (Å²) < 4.78 is 0. The fourth-order valence-corrected chi connectivity index (χ4v) is 4.19. The second kappa shape index (κ2) is 10.2. The molecule has 1 aromatic carbocycles. The lowest BCUT2D eigenvalue weighted by Crippen LogP contribution is -2.49. The van der Waals surface area contributed by atoms with Crippen molar-refractivity contribution >= 4 is 23.5 Å². The number of pyridine rings is 2. The van der Waals surface area contributed by atoms with E-state index in [0.717, 1.165) is 54.8 Å². The Bertz CT molecular complexity index is 946. The first kappa shape index (κ1) is 20.4. The number of nitrogens with zero attached hydrogens (tertiary/aromatic N) is 4. The number of carbonyl (C=O) groups is 1. The summed E-state index contributed by atoms with van der Waals surface area (Å²) in [6.45, 7) is 4.10. The van der Waals surface area contributed by atoms with E-state index < -0.39 is 0 Å². The number of aromatic nitrogens is 2. The van der Waals surface area contributed by atoms with Crippen LogP contribution in [0.5, 0.6) is 0 Å². The Hall–Kier alpha value is -2.90. The van der Waals surface area contributed by atoms with Gasteiger partial charge in [0.15, 0.2) is 0 Å². The zero-order chi connectivity index (χ0) is 20.6. The SMILES string of the molecule is O=C(Nc1cccc(CSc2ccccn2)c1)N1CCN(Cc2ccncc2)CC1. The van der Waals surface area contributed by atoms with Crippen molar-refractivity contribution in [3.63, 3.8) is 0 Å². The van der Waals surface area contributed by atoms with Gasteiger partial charge in [-0.25, -0.2) is 9.78 Å². The summed E-state index contributed by atoms with van der Waals surface area (Å²) in [6, 6.07) is 18.0. The van der Waals surface area contributed by atoms with E-state index in [4.69, 9.17) is 0 Å². The zero-order valence-corrected chi connectivity index (χ0v) is 17.6. The highest BCUT2D eigenvalue weighted by atomic mass is 32.2. The Morgan fingerprint density at radius 2 is 1.77 bits per heavy atom. The van der Waals surface area contributed by atoms with Crippen molar-refractivity contribution in [1.82, 2.24) is 19.8 Å². The maximum atomic E-state index is 12.7. The van der Waals surface area contributed by atoms with Crippen molar-refractivity contribution in [2.24, 2.45) is 0 Å². The van der Waals surface area contributed by atoms with Crippen LogP contribution < -0.4 is 5.32 Å². The van der Waals surface area contributed by atoms with Gasteiger partial charge in [0, 0.05) is 62.8 Å². The first-order chi connectivity index (χ1) is 14.8. The molecule has 0 atom stereocenters. The normalized spacial score (nSPS) is 14.5. The molecule has 1 saturated heterocycles. The lowest BCUT2D eigenvalue weighted by Gasteiger charge is -2.34. The second-order valence-electron chi connectivity index (χ2n) is 7.21. The largest absolute Gasteiger partial charge is 0.322 e. The van der Waals surface area contributed by atoms with Crippen LogP contribution in [0, 0.1) is 0 Å². The van der Waals surface area contributed by atoms with Gasteiger partial charge in [-0.15, -0.1) is 11.8 Å². The average molecular weight is 420 g/mol. The summed E-state index contributed by atoms with van der Waals surface area (Å²) in [4.78, 5) is 25.4. The van der Waals surface area contributed by atoms with Crippen molar-refractivity contribution in [2.45, 2.75) is 17.3 Å². The van der Waals surface area contributed by atoms with E-state index in [2.05, 4.69) is 26.3 Å². The Morgan fingerprint density at radius 3 is 2.53 bits per heavy atom. The van der Waals surface area contributed by atoms with E-state index in [1.54, 1.807) is 18.0 Å². The predicted octanol–water partition coefficient (Wildman–Crippen LogP) is 4.12. The minimum absolute atomic E-state index is 0.0342. The van der Waals surface area contributed by atoms with Crippen LogP contribution in [0.25, 0.3) is 0 Å². The van der Waals surface area contributed by atoms with Crippen LogP contribution in [0.1, 0.15) is 11.1 Å². The molecule has 0 bridgehead atoms. The highest BCUT2D eigenvalue weighted by molar-refractivity contribution is 7.98. The van der Waals surface area contributed by atoms with Crippen LogP contribution in [0.3, 0.4) is 0 Å². The molecular weight excluding hydrogens is 394 g/mol. The Balaban J connectivity index is 1.26. The molecule has 3 aromatic rings. The molecule has 0 unspecified atom stereocenters. The van der Waals surface area contributed by atoms with Crippen LogP contribution >= 0.6 is 11.8 Å². The third-order valence-electron chi connectivity index (χ3n) is 5.02. The summed E-state index contributed by atoms with van der Waals surface area (Å²) in [5.41, 5.74) is 3.24. The van der Waals surface area contributed by atoms with Gasteiger partial charge in [0.25, 0.3) is 0 Å². The number of benzene rings is 1. The quantitative estimate of drug-likeness (QED) is 0.609.